The number of amides is 1. The van der Waals surface area contributed by atoms with Crippen LogP contribution in [-0.4, -0.2) is 16.6 Å². The Morgan fingerprint density at radius 1 is 1.35 bits per heavy atom. The van der Waals surface area contributed by atoms with Crippen LogP contribution in [0.2, 0.25) is 0 Å². The van der Waals surface area contributed by atoms with E-state index in [-0.39, 0.29) is 11.3 Å². The van der Waals surface area contributed by atoms with E-state index in [4.69, 9.17) is 4.42 Å². The molecule has 0 radical (unpaired) electrons. The molecule has 1 amide bonds. The molecule has 17 heavy (non-hydrogen) atoms. The molecule has 3 heterocycles. The van der Waals surface area contributed by atoms with Crippen LogP contribution in [0.25, 0.3) is 0 Å². The first-order chi connectivity index (χ1) is 8.36. The number of hydrogen-bond donors (Lipinski definition) is 0. The number of rotatable bonds is 2. The van der Waals surface area contributed by atoms with Crippen LogP contribution in [0.4, 0.5) is 5.82 Å². The van der Waals surface area contributed by atoms with Gasteiger partial charge in [-0.15, -0.1) is 11.8 Å². The van der Waals surface area contributed by atoms with Crippen molar-refractivity contribution in [2.24, 2.45) is 0 Å². The largest absolute Gasteiger partial charge is 0.466 e. The summed E-state index contributed by atoms with van der Waals surface area (Å²) in [6.07, 6.45) is 3.31. The zero-order valence-corrected chi connectivity index (χ0v) is 9.76. The molecule has 1 aliphatic rings. The third-order valence-electron chi connectivity index (χ3n) is 2.55. The van der Waals surface area contributed by atoms with Gasteiger partial charge < -0.3 is 4.42 Å². The predicted molar refractivity (Wildman–Crippen MR) is 65.6 cm³/mol. The van der Waals surface area contributed by atoms with Crippen molar-refractivity contribution in [1.29, 1.82) is 0 Å². The number of thioether (sulfide) groups is 1. The van der Waals surface area contributed by atoms with E-state index < -0.39 is 0 Å². The first-order valence-corrected chi connectivity index (χ1v) is 6.29. The Balaban J connectivity index is 1.98. The van der Waals surface area contributed by atoms with Crippen LogP contribution in [0.1, 0.15) is 11.1 Å². The summed E-state index contributed by atoms with van der Waals surface area (Å²) in [5, 5.41) is -0.104. The van der Waals surface area contributed by atoms with Crippen LogP contribution in [0.5, 0.6) is 0 Å². The highest BCUT2D eigenvalue weighted by Crippen LogP contribution is 2.40. The lowest BCUT2D eigenvalue weighted by Crippen LogP contribution is -2.28. The molecule has 4 nitrogen and oxygen atoms in total. The number of anilines is 1. The summed E-state index contributed by atoms with van der Waals surface area (Å²) in [6.45, 7) is 0. The molecule has 0 saturated carbocycles. The van der Waals surface area contributed by atoms with E-state index in [1.165, 1.54) is 0 Å². The number of aromatic nitrogens is 1. The number of carbonyl (C=O) groups excluding carboxylic acids is 1. The minimum absolute atomic E-state index is 0.0649. The quantitative estimate of drug-likeness (QED) is 0.816. The number of nitrogens with zero attached hydrogens (tertiary/aromatic N) is 2. The van der Waals surface area contributed by atoms with Crippen LogP contribution in [-0.2, 0) is 4.79 Å². The van der Waals surface area contributed by atoms with Gasteiger partial charge in [0.15, 0.2) is 0 Å². The molecule has 0 bridgehead atoms. The SMILES string of the molecule is O=C1CSC(c2ccco2)N1c1ccccn1. The first-order valence-electron chi connectivity index (χ1n) is 5.24. The van der Waals surface area contributed by atoms with E-state index in [1.54, 1.807) is 29.1 Å². The Kier molecular flexibility index (Phi) is 2.60. The number of hydrogen-bond acceptors (Lipinski definition) is 4. The standard InChI is InChI=1S/C12H10N2O2S/c15-11-8-17-12(9-4-3-7-16-9)14(11)10-5-1-2-6-13-10/h1-7,12H,8H2. The molecule has 5 heteroatoms. The van der Waals surface area contributed by atoms with E-state index in [1.807, 2.05) is 30.3 Å². The molecule has 1 atom stereocenters. The second-order valence-electron chi connectivity index (χ2n) is 3.63. The summed E-state index contributed by atoms with van der Waals surface area (Å²) in [5.41, 5.74) is 0. The molecular weight excluding hydrogens is 236 g/mol. The van der Waals surface area contributed by atoms with E-state index in [2.05, 4.69) is 4.98 Å². The van der Waals surface area contributed by atoms with Crippen LogP contribution in [0.3, 0.4) is 0 Å². The Morgan fingerprint density at radius 2 is 2.29 bits per heavy atom. The molecule has 1 unspecified atom stereocenters. The monoisotopic (exact) mass is 246 g/mol. The van der Waals surface area contributed by atoms with E-state index in [0.29, 0.717) is 11.6 Å². The summed E-state index contributed by atoms with van der Waals surface area (Å²) >= 11 is 1.55. The van der Waals surface area contributed by atoms with Gasteiger partial charge in [-0.2, -0.15) is 0 Å². The smallest absolute Gasteiger partial charge is 0.239 e. The molecule has 1 fully saturated rings. The fraction of sp³-hybridized carbons (Fsp3) is 0.167. The molecule has 1 aliphatic heterocycles. The maximum absolute atomic E-state index is 11.9. The number of carbonyl (C=O) groups is 1. The van der Waals surface area contributed by atoms with Gasteiger partial charge in [0.1, 0.15) is 17.0 Å². The van der Waals surface area contributed by atoms with Gasteiger partial charge in [-0.05, 0) is 24.3 Å². The maximum atomic E-state index is 11.9. The van der Waals surface area contributed by atoms with Gasteiger partial charge in [-0.3, -0.25) is 9.69 Å². The zero-order chi connectivity index (χ0) is 11.7. The van der Waals surface area contributed by atoms with Crippen molar-refractivity contribution in [3.8, 4) is 0 Å². The van der Waals surface area contributed by atoms with E-state index >= 15 is 0 Å². The highest BCUT2D eigenvalue weighted by atomic mass is 32.2. The summed E-state index contributed by atoms with van der Waals surface area (Å²) in [6, 6.07) is 9.25. The van der Waals surface area contributed by atoms with Crippen molar-refractivity contribution in [2.75, 3.05) is 10.7 Å². The summed E-state index contributed by atoms with van der Waals surface area (Å²) in [5.74, 6) is 1.98. The van der Waals surface area contributed by atoms with Gasteiger partial charge >= 0.3 is 0 Å². The van der Waals surface area contributed by atoms with Gasteiger partial charge in [0.05, 0.1) is 12.0 Å². The van der Waals surface area contributed by atoms with Crippen LogP contribution in [0, 0.1) is 0 Å². The summed E-state index contributed by atoms with van der Waals surface area (Å²) in [4.78, 5) is 17.8. The minimum atomic E-state index is -0.104. The number of pyridine rings is 1. The Labute approximate surface area is 103 Å². The van der Waals surface area contributed by atoms with Crippen LogP contribution >= 0.6 is 11.8 Å². The van der Waals surface area contributed by atoms with Crippen molar-refractivity contribution in [1.82, 2.24) is 4.98 Å². The Hall–Kier alpha value is -1.75. The fourth-order valence-electron chi connectivity index (χ4n) is 1.81. The second-order valence-corrected chi connectivity index (χ2v) is 4.70. The number of furan rings is 1. The molecule has 2 aromatic rings. The van der Waals surface area contributed by atoms with Crippen molar-refractivity contribution < 1.29 is 9.21 Å². The van der Waals surface area contributed by atoms with Crippen LogP contribution < -0.4 is 4.90 Å². The zero-order valence-electron chi connectivity index (χ0n) is 8.95. The minimum Gasteiger partial charge on any atom is -0.466 e. The van der Waals surface area contributed by atoms with Crippen molar-refractivity contribution in [3.63, 3.8) is 0 Å². The third kappa shape index (κ3) is 1.82. The molecule has 0 N–H and O–H groups in total. The highest BCUT2D eigenvalue weighted by molar-refractivity contribution is 8.00. The Morgan fingerprint density at radius 3 is 3.00 bits per heavy atom. The molecule has 2 aromatic heterocycles. The van der Waals surface area contributed by atoms with Crippen LogP contribution in [0.15, 0.2) is 47.2 Å². The summed E-state index contributed by atoms with van der Waals surface area (Å²) < 4.78 is 5.37. The average Bonchev–Trinajstić information content (AvgIpc) is 2.98. The van der Waals surface area contributed by atoms with Gasteiger partial charge in [0, 0.05) is 6.20 Å². The molecule has 0 spiro atoms. The highest BCUT2D eigenvalue weighted by Gasteiger charge is 2.36. The normalized spacial score (nSPS) is 19.9. The van der Waals surface area contributed by atoms with E-state index in [0.717, 1.165) is 5.76 Å². The molecule has 0 aromatic carbocycles. The van der Waals surface area contributed by atoms with Crippen molar-refractivity contribution in [3.05, 3.63) is 48.6 Å². The molecule has 1 saturated heterocycles. The van der Waals surface area contributed by atoms with Crippen molar-refractivity contribution in [2.45, 2.75) is 5.37 Å². The molecular formula is C12H10N2O2S. The van der Waals surface area contributed by atoms with Gasteiger partial charge in [-0.25, -0.2) is 4.98 Å². The summed E-state index contributed by atoms with van der Waals surface area (Å²) in [7, 11) is 0. The first kappa shape index (κ1) is 10.4. The lowest BCUT2D eigenvalue weighted by atomic mass is 10.3. The predicted octanol–water partition coefficient (Wildman–Crippen LogP) is 2.45. The maximum Gasteiger partial charge on any atom is 0.239 e. The lowest BCUT2D eigenvalue weighted by Gasteiger charge is -2.20. The lowest BCUT2D eigenvalue weighted by molar-refractivity contribution is -0.115. The molecule has 3 rings (SSSR count). The topological polar surface area (TPSA) is 46.3 Å². The van der Waals surface area contributed by atoms with Crippen molar-refractivity contribution >= 4 is 23.5 Å². The van der Waals surface area contributed by atoms with Gasteiger partial charge in [0.2, 0.25) is 5.91 Å². The fourth-order valence-corrected chi connectivity index (χ4v) is 2.92. The van der Waals surface area contributed by atoms with E-state index in [9.17, 15) is 4.79 Å². The van der Waals surface area contributed by atoms with Gasteiger partial charge in [-0.1, -0.05) is 6.07 Å². The average molecular weight is 246 g/mol. The Bertz CT molecular complexity index is 513. The molecule has 0 aliphatic carbocycles. The molecule has 86 valence electrons. The third-order valence-corrected chi connectivity index (χ3v) is 3.72. The van der Waals surface area contributed by atoms with Gasteiger partial charge in [0.25, 0.3) is 0 Å². The second kappa shape index (κ2) is 4.25.